The van der Waals surface area contributed by atoms with E-state index in [4.69, 9.17) is 4.18 Å². The normalized spacial score (nSPS) is 13.7. The fourth-order valence-corrected chi connectivity index (χ4v) is 4.10. The predicted molar refractivity (Wildman–Crippen MR) is 94.5 cm³/mol. The second-order valence-corrected chi connectivity index (χ2v) is 8.09. The Balaban J connectivity index is 3.57. The van der Waals surface area contributed by atoms with Gasteiger partial charge in [0, 0.05) is 0 Å². The van der Waals surface area contributed by atoms with Crippen molar-refractivity contribution in [2.45, 2.75) is 89.9 Å². The van der Waals surface area contributed by atoms with Crippen molar-refractivity contribution in [3.8, 4) is 0 Å². The fraction of sp³-hybridized carbons (Fsp3) is 1.00. The van der Waals surface area contributed by atoms with Crippen LogP contribution < -0.4 is 0 Å². The van der Waals surface area contributed by atoms with Crippen LogP contribution in [0.15, 0.2) is 0 Å². The van der Waals surface area contributed by atoms with E-state index in [0.29, 0.717) is 13.0 Å². The minimum atomic E-state index is -3.46. The zero-order valence-electron chi connectivity index (χ0n) is 15.1. The van der Waals surface area contributed by atoms with Gasteiger partial charge in [-0.2, -0.15) is 8.42 Å². The Morgan fingerprint density at radius 1 is 0.818 bits per heavy atom. The topological polar surface area (TPSA) is 46.6 Å². The summed E-state index contributed by atoms with van der Waals surface area (Å²) in [6.45, 7) is 4.43. The van der Waals surface area contributed by atoms with E-state index >= 15 is 0 Å². The smallest absolute Gasteiger partial charge is 0.283 e. The molecule has 0 aromatic rings. The molecule has 0 aromatic heterocycles. The van der Waals surface area contributed by atoms with Gasteiger partial charge in [-0.1, -0.05) is 71.6 Å². The fourth-order valence-electron chi connectivity index (χ4n) is 2.67. The number of rotatable bonds is 15. The van der Waals surface area contributed by atoms with Gasteiger partial charge in [0.25, 0.3) is 10.1 Å². The first-order chi connectivity index (χ1) is 10.5. The zero-order valence-corrected chi connectivity index (χ0v) is 16.0. The van der Waals surface area contributed by atoms with E-state index in [1.807, 2.05) is 6.92 Å². The molecule has 0 bridgehead atoms. The lowest BCUT2D eigenvalue weighted by Crippen LogP contribution is -2.36. The van der Waals surface area contributed by atoms with Crippen LogP contribution in [0.4, 0.5) is 0 Å². The van der Waals surface area contributed by atoms with Crippen LogP contribution in [-0.2, 0) is 14.3 Å². The molecule has 0 heterocycles. The van der Waals surface area contributed by atoms with Crippen molar-refractivity contribution < 1.29 is 12.6 Å². The predicted octanol–water partition coefficient (Wildman–Crippen LogP) is 4.55. The molecule has 0 aliphatic heterocycles. The summed E-state index contributed by atoms with van der Waals surface area (Å²) >= 11 is 0. The molecule has 0 spiro atoms. The number of hydrogen-bond donors (Lipinski definition) is 0. The Labute approximate surface area is 138 Å². The maximum absolute atomic E-state index is 12.0. The van der Waals surface area contributed by atoms with Crippen molar-refractivity contribution in [2.24, 2.45) is 0 Å². The molecule has 4 nitrogen and oxygen atoms in total. The molecule has 134 valence electrons. The van der Waals surface area contributed by atoms with Crippen LogP contribution in [0.5, 0.6) is 0 Å². The number of hydrogen-bond acceptors (Lipinski definition) is 4. The molecule has 5 heteroatoms. The van der Waals surface area contributed by atoms with Crippen LogP contribution in [-0.4, -0.2) is 39.4 Å². The molecular weight excluding hydrogens is 298 g/mol. The van der Waals surface area contributed by atoms with Crippen LogP contribution >= 0.6 is 0 Å². The van der Waals surface area contributed by atoms with Crippen LogP contribution in [0.25, 0.3) is 0 Å². The van der Waals surface area contributed by atoms with E-state index in [1.54, 1.807) is 19.0 Å². The van der Waals surface area contributed by atoms with Gasteiger partial charge >= 0.3 is 0 Å². The van der Waals surface area contributed by atoms with E-state index in [0.717, 1.165) is 12.8 Å². The third kappa shape index (κ3) is 10.6. The standard InChI is InChI=1S/C17H37NO3S/c1-5-7-8-9-10-11-12-13-14-15-16-21-22(19,20)17(6-2)18(3)4/h17H,5-16H2,1-4H3. The SMILES string of the molecule is CCCCCCCCCCCCOS(=O)(=O)C(CC)N(C)C. The van der Waals surface area contributed by atoms with E-state index in [1.165, 1.54) is 51.4 Å². The Bertz CT molecular complexity index is 342. The van der Waals surface area contributed by atoms with Crippen LogP contribution in [0.2, 0.25) is 0 Å². The summed E-state index contributed by atoms with van der Waals surface area (Å²) in [6.07, 6.45) is 12.9. The molecule has 22 heavy (non-hydrogen) atoms. The summed E-state index contributed by atoms with van der Waals surface area (Å²) in [5.74, 6) is 0. The highest BCUT2D eigenvalue weighted by Crippen LogP contribution is 2.13. The van der Waals surface area contributed by atoms with E-state index in [2.05, 4.69) is 6.92 Å². The third-order valence-corrected chi connectivity index (χ3v) is 5.92. The van der Waals surface area contributed by atoms with Gasteiger partial charge in [-0.05, 0) is 26.9 Å². The van der Waals surface area contributed by atoms with Gasteiger partial charge in [-0.15, -0.1) is 0 Å². The summed E-state index contributed by atoms with van der Waals surface area (Å²) in [7, 11) is 0.0908. The number of nitrogens with zero attached hydrogens (tertiary/aromatic N) is 1. The van der Waals surface area contributed by atoms with Crippen LogP contribution in [0, 0.1) is 0 Å². The van der Waals surface area contributed by atoms with E-state index < -0.39 is 15.5 Å². The summed E-state index contributed by atoms with van der Waals surface area (Å²) < 4.78 is 29.1. The zero-order chi connectivity index (χ0) is 16.8. The lowest BCUT2D eigenvalue weighted by molar-refractivity contribution is 0.267. The minimum Gasteiger partial charge on any atom is -0.291 e. The van der Waals surface area contributed by atoms with Gasteiger partial charge in [-0.3, -0.25) is 9.08 Å². The van der Waals surface area contributed by atoms with Crippen LogP contribution in [0.3, 0.4) is 0 Å². The molecule has 1 atom stereocenters. The maximum Gasteiger partial charge on any atom is 0.283 e. The number of unbranched alkanes of at least 4 members (excludes halogenated alkanes) is 9. The van der Waals surface area contributed by atoms with Crippen molar-refractivity contribution >= 4 is 10.1 Å². The average Bonchev–Trinajstić information content (AvgIpc) is 2.44. The molecule has 1 unspecified atom stereocenters. The second kappa shape index (κ2) is 13.3. The maximum atomic E-state index is 12.0. The summed E-state index contributed by atoms with van der Waals surface area (Å²) in [5.41, 5.74) is 0. The van der Waals surface area contributed by atoms with Gasteiger partial charge in [0.2, 0.25) is 0 Å². The summed E-state index contributed by atoms with van der Waals surface area (Å²) in [6, 6.07) is 0. The van der Waals surface area contributed by atoms with Gasteiger partial charge in [0.15, 0.2) is 0 Å². The first-order valence-electron chi connectivity index (χ1n) is 9.00. The molecule has 0 aromatic carbocycles. The van der Waals surface area contributed by atoms with Gasteiger partial charge < -0.3 is 0 Å². The highest BCUT2D eigenvalue weighted by molar-refractivity contribution is 7.87. The Kier molecular flexibility index (Phi) is 13.2. The lowest BCUT2D eigenvalue weighted by Gasteiger charge is -2.22. The summed E-state index contributed by atoms with van der Waals surface area (Å²) in [5, 5.41) is -0.532. The Morgan fingerprint density at radius 3 is 1.68 bits per heavy atom. The monoisotopic (exact) mass is 335 g/mol. The van der Waals surface area contributed by atoms with Crippen molar-refractivity contribution in [3.63, 3.8) is 0 Å². The molecule has 0 radical (unpaired) electrons. The van der Waals surface area contributed by atoms with Gasteiger partial charge in [0.1, 0.15) is 5.37 Å². The quantitative estimate of drug-likeness (QED) is 0.325. The van der Waals surface area contributed by atoms with Gasteiger partial charge in [-0.25, -0.2) is 0 Å². The highest BCUT2D eigenvalue weighted by Gasteiger charge is 2.26. The first-order valence-corrected chi connectivity index (χ1v) is 10.5. The van der Waals surface area contributed by atoms with Gasteiger partial charge in [0.05, 0.1) is 6.61 Å². The highest BCUT2D eigenvalue weighted by atomic mass is 32.2. The van der Waals surface area contributed by atoms with E-state index in [9.17, 15) is 8.42 Å². The molecule has 0 aliphatic carbocycles. The largest absolute Gasteiger partial charge is 0.291 e. The second-order valence-electron chi connectivity index (χ2n) is 6.32. The molecule has 0 N–H and O–H groups in total. The third-order valence-electron chi connectivity index (χ3n) is 4.00. The van der Waals surface area contributed by atoms with E-state index in [-0.39, 0.29) is 0 Å². The van der Waals surface area contributed by atoms with Crippen LogP contribution in [0.1, 0.15) is 84.5 Å². The Morgan fingerprint density at radius 2 is 1.27 bits per heavy atom. The summed E-state index contributed by atoms with van der Waals surface area (Å²) in [4.78, 5) is 1.70. The first kappa shape index (κ1) is 21.9. The molecule has 0 fully saturated rings. The molecule has 0 amide bonds. The molecular formula is C17H37NO3S. The van der Waals surface area contributed by atoms with Crippen molar-refractivity contribution in [1.82, 2.24) is 4.90 Å². The minimum absolute atomic E-state index is 0.323. The molecule has 0 saturated heterocycles. The lowest BCUT2D eigenvalue weighted by atomic mass is 10.1. The van der Waals surface area contributed by atoms with Crippen molar-refractivity contribution in [3.05, 3.63) is 0 Å². The average molecular weight is 336 g/mol. The molecule has 0 rings (SSSR count). The van der Waals surface area contributed by atoms with Crippen molar-refractivity contribution in [2.75, 3.05) is 20.7 Å². The Hall–Kier alpha value is -0.130. The van der Waals surface area contributed by atoms with Crippen molar-refractivity contribution in [1.29, 1.82) is 0 Å². The molecule has 0 saturated carbocycles. The molecule has 0 aliphatic rings.